The molecule has 0 spiro atoms. The minimum absolute atomic E-state index is 0.121. The van der Waals surface area contributed by atoms with E-state index < -0.39 is 6.04 Å². The van der Waals surface area contributed by atoms with E-state index in [1.165, 1.54) is 17.8 Å². The normalized spacial score (nSPS) is 12.0. The third-order valence-electron chi connectivity index (χ3n) is 5.21. The summed E-state index contributed by atoms with van der Waals surface area (Å²) < 4.78 is 3.01. The Morgan fingerprint density at radius 2 is 1.86 bits per heavy atom. The molecule has 2 N–H and O–H groups in total. The van der Waals surface area contributed by atoms with Crippen molar-refractivity contribution in [1.29, 1.82) is 0 Å². The zero-order chi connectivity index (χ0) is 25.7. The van der Waals surface area contributed by atoms with Crippen LogP contribution in [0.2, 0.25) is 10.0 Å². The highest BCUT2D eigenvalue weighted by atomic mass is 127. The van der Waals surface area contributed by atoms with Gasteiger partial charge in [0.1, 0.15) is 0 Å². The lowest BCUT2D eigenvalue weighted by atomic mass is 10.0. The summed E-state index contributed by atoms with van der Waals surface area (Å²) in [7, 11) is 0. The monoisotopic (exact) mass is 645 g/mol. The van der Waals surface area contributed by atoms with Gasteiger partial charge in [-0.1, -0.05) is 48.8 Å². The highest BCUT2D eigenvalue weighted by Crippen LogP contribution is 2.27. The molecule has 1 aromatic heterocycles. The number of halogens is 3. The lowest BCUT2D eigenvalue weighted by Gasteiger charge is -2.16. The van der Waals surface area contributed by atoms with E-state index in [0.717, 1.165) is 14.8 Å². The van der Waals surface area contributed by atoms with Gasteiger partial charge in [0.15, 0.2) is 11.0 Å². The number of anilines is 1. The fourth-order valence-electron chi connectivity index (χ4n) is 3.48. The highest BCUT2D eigenvalue weighted by Gasteiger charge is 2.21. The maximum absolute atomic E-state index is 12.7. The van der Waals surface area contributed by atoms with Crippen molar-refractivity contribution >= 4 is 75.1 Å². The van der Waals surface area contributed by atoms with E-state index in [9.17, 15) is 9.59 Å². The molecular formula is C24H26Cl2IN5O2S. The van der Waals surface area contributed by atoms with Crippen LogP contribution in [0, 0.1) is 3.57 Å². The Morgan fingerprint density at radius 1 is 1.11 bits per heavy atom. The van der Waals surface area contributed by atoms with Gasteiger partial charge in [0.05, 0.1) is 22.4 Å². The van der Waals surface area contributed by atoms with Gasteiger partial charge >= 0.3 is 0 Å². The average molecular weight is 646 g/mol. The van der Waals surface area contributed by atoms with E-state index in [1.54, 1.807) is 12.1 Å². The number of nitrogens with zero attached hydrogens (tertiary/aromatic N) is 3. The number of thioether (sulfide) groups is 1. The summed E-state index contributed by atoms with van der Waals surface area (Å²) in [6, 6.07) is 10.3. The molecule has 1 heterocycles. The molecule has 0 unspecified atom stereocenters. The molecule has 0 bridgehead atoms. The van der Waals surface area contributed by atoms with Gasteiger partial charge in [-0.05, 0) is 84.3 Å². The summed E-state index contributed by atoms with van der Waals surface area (Å²) >= 11 is 15.7. The molecule has 3 aromatic rings. The molecule has 2 amide bonds. The summed E-state index contributed by atoms with van der Waals surface area (Å²) in [6.07, 6.45) is 0. The van der Waals surface area contributed by atoms with Crippen molar-refractivity contribution in [2.75, 3.05) is 11.1 Å². The molecule has 11 heteroatoms. The van der Waals surface area contributed by atoms with E-state index in [-0.39, 0.29) is 28.5 Å². The molecule has 186 valence electrons. The fraction of sp³-hybridized carbons (Fsp3) is 0.333. The maximum Gasteiger partial charge on any atom is 0.253 e. The van der Waals surface area contributed by atoms with Gasteiger partial charge in [0.25, 0.3) is 5.91 Å². The predicted molar refractivity (Wildman–Crippen MR) is 151 cm³/mol. The van der Waals surface area contributed by atoms with Crippen LogP contribution in [0.4, 0.5) is 5.69 Å². The summed E-state index contributed by atoms with van der Waals surface area (Å²) in [5.41, 5.74) is 2.24. The van der Waals surface area contributed by atoms with Gasteiger partial charge in [-0.25, -0.2) is 0 Å². The van der Waals surface area contributed by atoms with E-state index >= 15 is 0 Å². The van der Waals surface area contributed by atoms with Crippen molar-refractivity contribution in [3.05, 3.63) is 67.0 Å². The number of rotatable bonds is 9. The zero-order valence-corrected chi connectivity index (χ0v) is 24.2. The van der Waals surface area contributed by atoms with Gasteiger partial charge in [-0.3, -0.25) is 9.59 Å². The first kappa shape index (κ1) is 27.8. The van der Waals surface area contributed by atoms with Gasteiger partial charge in [0.2, 0.25) is 5.91 Å². The Labute approximate surface area is 232 Å². The Bertz CT molecular complexity index is 1230. The molecule has 0 saturated heterocycles. The van der Waals surface area contributed by atoms with Gasteiger partial charge in [0, 0.05) is 20.8 Å². The van der Waals surface area contributed by atoms with Crippen LogP contribution in [-0.4, -0.2) is 32.3 Å². The number of carbonyl (C=O) groups excluding carboxylic acids is 2. The average Bonchev–Trinajstić information content (AvgIpc) is 3.21. The third-order valence-corrected chi connectivity index (χ3v) is 7.40. The minimum atomic E-state index is -0.426. The molecule has 0 aliphatic carbocycles. The van der Waals surface area contributed by atoms with Crippen LogP contribution >= 0.6 is 57.6 Å². The van der Waals surface area contributed by atoms with Crippen molar-refractivity contribution in [1.82, 2.24) is 20.1 Å². The second kappa shape index (κ2) is 12.4. The lowest BCUT2D eigenvalue weighted by Crippen LogP contribution is -2.29. The SMILES string of the molecule is CCn1c(SCC(=O)Nc2ccc(I)cc2C(C)C)nnc1[C@@H](C)NC(=O)c1ccc(Cl)cc1Cl. The second-order valence-corrected chi connectivity index (χ2v) is 11.2. The fourth-order valence-corrected chi connectivity index (χ4v) is 5.30. The van der Waals surface area contributed by atoms with Crippen molar-refractivity contribution in [3.63, 3.8) is 0 Å². The number of benzene rings is 2. The number of aromatic nitrogens is 3. The number of amides is 2. The van der Waals surface area contributed by atoms with Crippen molar-refractivity contribution in [3.8, 4) is 0 Å². The first-order chi connectivity index (χ1) is 16.6. The number of hydrogen-bond donors (Lipinski definition) is 2. The van der Waals surface area contributed by atoms with E-state index in [4.69, 9.17) is 23.2 Å². The van der Waals surface area contributed by atoms with E-state index in [0.29, 0.717) is 28.1 Å². The molecule has 0 saturated carbocycles. The minimum Gasteiger partial charge on any atom is -0.342 e. The van der Waals surface area contributed by atoms with Crippen LogP contribution in [0.15, 0.2) is 41.6 Å². The first-order valence-corrected chi connectivity index (χ1v) is 13.8. The molecule has 0 aliphatic heterocycles. The third kappa shape index (κ3) is 7.12. The van der Waals surface area contributed by atoms with Crippen LogP contribution < -0.4 is 10.6 Å². The molecule has 1 atom stereocenters. The molecule has 35 heavy (non-hydrogen) atoms. The quantitative estimate of drug-likeness (QED) is 0.203. The molecule has 2 aromatic carbocycles. The van der Waals surface area contributed by atoms with Crippen LogP contribution in [0.1, 0.15) is 61.4 Å². The maximum atomic E-state index is 12.7. The second-order valence-electron chi connectivity index (χ2n) is 8.13. The zero-order valence-electron chi connectivity index (χ0n) is 19.7. The first-order valence-electron chi connectivity index (χ1n) is 11.0. The standard InChI is InChI=1S/C24H26Cl2IN5O2S/c1-5-32-22(14(4)28-23(34)17-8-6-15(25)10-19(17)26)30-31-24(32)35-12-21(33)29-20-9-7-16(27)11-18(20)13(2)3/h6-11,13-14H,5,12H2,1-4H3,(H,28,34)(H,29,33)/t14-/m1/s1. The number of carbonyl (C=O) groups is 2. The predicted octanol–water partition coefficient (Wildman–Crippen LogP) is 6.55. The van der Waals surface area contributed by atoms with Crippen molar-refractivity contribution in [2.45, 2.75) is 51.4 Å². The smallest absolute Gasteiger partial charge is 0.253 e. The summed E-state index contributed by atoms with van der Waals surface area (Å²) in [4.78, 5) is 25.4. The van der Waals surface area contributed by atoms with Crippen LogP contribution in [-0.2, 0) is 11.3 Å². The molecule has 3 rings (SSSR count). The topological polar surface area (TPSA) is 88.9 Å². The van der Waals surface area contributed by atoms with Gasteiger partial charge in [-0.15, -0.1) is 10.2 Å². The van der Waals surface area contributed by atoms with Crippen LogP contribution in [0.5, 0.6) is 0 Å². The Morgan fingerprint density at radius 3 is 2.51 bits per heavy atom. The number of hydrogen-bond acceptors (Lipinski definition) is 5. The molecule has 0 fully saturated rings. The lowest BCUT2D eigenvalue weighted by molar-refractivity contribution is -0.113. The van der Waals surface area contributed by atoms with Gasteiger partial charge in [-0.2, -0.15) is 0 Å². The van der Waals surface area contributed by atoms with Gasteiger partial charge < -0.3 is 15.2 Å². The van der Waals surface area contributed by atoms with E-state index in [1.807, 2.05) is 30.5 Å². The van der Waals surface area contributed by atoms with E-state index in [2.05, 4.69) is 63.3 Å². The highest BCUT2D eigenvalue weighted by molar-refractivity contribution is 14.1. The Balaban J connectivity index is 1.66. The molecular weight excluding hydrogens is 620 g/mol. The van der Waals surface area contributed by atoms with Crippen molar-refractivity contribution in [2.24, 2.45) is 0 Å². The summed E-state index contributed by atoms with van der Waals surface area (Å²) in [5, 5.41) is 15.8. The van der Waals surface area contributed by atoms with Crippen molar-refractivity contribution < 1.29 is 9.59 Å². The Kier molecular flexibility index (Phi) is 9.86. The van der Waals surface area contributed by atoms with Crippen LogP contribution in [0.25, 0.3) is 0 Å². The largest absolute Gasteiger partial charge is 0.342 e. The summed E-state index contributed by atoms with van der Waals surface area (Å²) in [6.45, 7) is 8.57. The summed E-state index contributed by atoms with van der Waals surface area (Å²) in [5.74, 6) is 0.607. The molecule has 0 aliphatic rings. The molecule has 7 nitrogen and oxygen atoms in total. The Hall–Kier alpha value is -1.82. The molecule has 0 radical (unpaired) electrons. The number of nitrogens with one attached hydrogen (secondary N) is 2. The van der Waals surface area contributed by atoms with Crippen LogP contribution in [0.3, 0.4) is 0 Å².